The molecular weight excluding hydrogens is 229 g/mol. The van der Waals surface area contributed by atoms with Gasteiger partial charge in [-0.1, -0.05) is 0 Å². The third kappa shape index (κ3) is 2.29. The lowest BCUT2D eigenvalue weighted by molar-refractivity contribution is 0.119. The van der Waals surface area contributed by atoms with Gasteiger partial charge in [-0.3, -0.25) is 0 Å². The highest BCUT2D eigenvalue weighted by atomic mass is 19.1. The Morgan fingerprint density at radius 2 is 2.00 bits per heavy atom. The number of nitrogens with zero attached hydrogens (tertiary/aromatic N) is 3. The number of imidazole rings is 1. The third-order valence-electron chi connectivity index (χ3n) is 3.38. The zero-order chi connectivity index (χ0) is 12.5. The fourth-order valence-corrected chi connectivity index (χ4v) is 2.47. The van der Waals surface area contributed by atoms with Crippen LogP contribution in [0.15, 0.2) is 36.8 Å². The molecule has 1 aliphatic heterocycles. The lowest BCUT2D eigenvalue weighted by atomic mass is 10.0. The van der Waals surface area contributed by atoms with Crippen LogP contribution < -0.4 is 0 Å². The quantitative estimate of drug-likeness (QED) is 0.827. The number of likely N-dealkylation sites (tertiary alicyclic amines) is 1. The molecule has 3 nitrogen and oxygen atoms in total. The van der Waals surface area contributed by atoms with Crippen LogP contribution >= 0.6 is 0 Å². The Balaban J connectivity index is 1.71. The zero-order valence-corrected chi connectivity index (χ0v) is 10.4. The molecule has 0 aliphatic carbocycles. The SMILES string of the molecule is CN1CC(Cn2cnc(-c3ccc(F)cc3)c2)C1. The third-order valence-corrected chi connectivity index (χ3v) is 3.38. The van der Waals surface area contributed by atoms with E-state index in [9.17, 15) is 4.39 Å². The van der Waals surface area contributed by atoms with E-state index in [1.807, 2.05) is 12.5 Å². The molecule has 0 amide bonds. The maximum Gasteiger partial charge on any atom is 0.123 e. The van der Waals surface area contributed by atoms with E-state index in [0.29, 0.717) is 0 Å². The minimum atomic E-state index is -0.212. The Labute approximate surface area is 106 Å². The van der Waals surface area contributed by atoms with Crippen molar-refractivity contribution in [1.82, 2.24) is 14.5 Å². The van der Waals surface area contributed by atoms with Crippen molar-refractivity contribution >= 4 is 0 Å². The number of benzene rings is 1. The van der Waals surface area contributed by atoms with Gasteiger partial charge in [0.15, 0.2) is 0 Å². The molecule has 1 fully saturated rings. The maximum absolute atomic E-state index is 12.8. The van der Waals surface area contributed by atoms with Gasteiger partial charge in [-0.05, 0) is 31.3 Å². The number of hydrogen-bond donors (Lipinski definition) is 0. The van der Waals surface area contributed by atoms with Gasteiger partial charge in [-0.2, -0.15) is 0 Å². The second-order valence-electron chi connectivity index (χ2n) is 5.05. The van der Waals surface area contributed by atoms with Crippen LogP contribution in [-0.4, -0.2) is 34.6 Å². The fraction of sp³-hybridized carbons (Fsp3) is 0.357. The monoisotopic (exact) mass is 245 g/mol. The van der Waals surface area contributed by atoms with Gasteiger partial charge < -0.3 is 9.47 Å². The highest BCUT2D eigenvalue weighted by Crippen LogP contribution is 2.19. The summed E-state index contributed by atoms with van der Waals surface area (Å²) in [6.45, 7) is 3.33. The van der Waals surface area contributed by atoms with E-state index in [2.05, 4.69) is 21.5 Å². The molecule has 0 bridgehead atoms. The summed E-state index contributed by atoms with van der Waals surface area (Å²) in [5.41, 5.74) is 1.86. The summed E-state index contributed by atoms with van der Waals surface area (Å²) in [7, 11) is 2.13. The van der Waals surface area contributed by atoms with Gasteiger partial charge in [-0.15, -0.1) is 0 Å². The second-order valence-corrected chi connectivity index (χ2v) is 5.05. The first-order valence-corrected chi connectivity index (χ1v) is 6.17. The van der Waals surface area contributed by atoms with Crippen LogP contribution in [0, 0.1) is 11.7 Å². The number of rotatable bonds is 3. The molecule has 1 aromatic carbocycles. The van der Waals surface area contributed by atoms with Crippen LogP contribution in [-0.2, 0) is 6.54 Å². The normalized spacial score (nSPS) is 16.8. The van der Waals surface area contributed by atoms with Crippen molar-refractivity contribution in [2.75, 3.05) is 20.1 Å². The summed E-state index contributed by atoms with van der Waals surface area (Å²) in [6.07, 6.45) is 3.89. The Morgan fingerprint density at radius 1 is 1.28 bits per heavy atom. The lowest BCUT2D eigenvalue weighted by Crippen LogP contribution is -2.45. The van der Waals surface area contributed by atoms with Gasteiger partial charge in [0.2, 0.25) is 0 Å². The van der Waals surface area contributed by atoms with Crippen molar-refractivity contribution in [2.45, 2.75) is 6.54 Å². The first-order chi connectivity index (χ1) is 8.70. The summed E-state index contributed by atoms with van der Waals surface area (Å²) in [4.78, 5) is 6.68. The van der Waals surface area contributed by atoms with E-state index >= 15 is 0 Å². The summed E-state index contributed by atoms with van der Waals surface area (Å²) in [6, 6.07) is 6.46. The van der Waals surface area contributed by atoms with Crippen LogP contribution in [0.2, 0.25) is 0 Å². The molecule has 0 saturated carbocycles. The standard InChI is InChI=1S/C14H16FN3/c1-17-6-11(7-17)8-18-9-14(16-10-18)12-2-4-13(15)5-3-12/h2-5,9-11H,6-8H2,1H3. The first kappa shape index (κ1) is 11.4. The van der Waals surface area contributed by atoms with E-state index in [1.165, 1.54) is 12.1 Å². The van der Waals surface area contributed by atoms with Crippen molar-refractivity contribution < 1.29 is 4.39 Å². The van der Waals surface area contributed by atoms with Crippen LogP contribution in [0.4, 0.5) is 4.39 Å². The van der Waals surface area contributed by atoms with Crippen molar-refractivity contribution in [3.63, 3.8) is 0 Å². The molecule has 0 atom stereocenters. The summed E-state index contributed by atoms with van der Waals surface area (Å²) >= 11 is 0. The predicted octanol–water partition coefficient (Wildman–Crippen LogP) is 2.25. The predicted molar refractivity (Wildman–Crippen MR) is 68.6 cm³/mol. The average Bonchev–Trinajstić information content (AvgIpc) is 2.77. The van der Waals surface area contributed by atoms with Gasteiger partial charge in [-0.25, -0.2) is 9.37 Å². The van der Waals surface area contributed by atoms with Crippen LogP contribution in [0.1, 0.15) is 0 Å². The van der Waals surface area contributed by atoms with Crippen molar-refractivity contribution in [1.29, 1.82) is 0 Å². The Morgan fingerprint density at radius 3 is 2.67 bits per heavy atom. The summed E-state index contributed by atoms with van der Waals surface area (Å²) in [5.74, 6) is 0.515. The Hall–Kier alpha value is -1.68. The van der Waals surface area contributed by atoms with Gasteiger partial charge in [0.05, 0.1) is 12.0 Å². The number of halogens is 1. The van der Waals surface area contributed by atoms with Crippen molar-refractivity contribution in [2.24, 2.45) is 5.92 Å². The number of hydrogen-bond acceptors (Lipinski definition) is 2. The molecule has 1 aliphatic rings. The Bertz CT molecular complexity index is 526. The average molecular weight is 245 g/mol. The minimum Gasteiger partial charge on any atom is -0.336 e. The van der Waals surface area contributed by atoms with E-state index in [1.54, 1.807) is 12.1 Å². The molecular formula is C14H16FN3. The molecule has 18 heavy (non-hydrogen) atoms. The van der Waals surface area contributed by atoms with E-state index in [4.69, 9.17) is 0 Å². The van der Waals surface area contributed by atoms with Crippen LogP contribution in [0.25, 0.3) is 11.3 Å². The van der Waals surface area contributed by atoms with Gasteiger partial charge in [0, 0.05) is 37.3 Å². The van der Waals surface area contributed by atoms with Gasteiger partial charge in [0.25, 0.3) is 0 Å². The van der Waals surface area contributed by atoms with E-state index < -0.39 is 0 Å². The molecule has 4 heteroatoms. The fourth-order valence-electron chi connectivity index (χ4n) is 2.47. The molecule has 0 spiro atoms. The minimum absolute atomic E-state index is 0.212. The molecule has 3 rings (SSSR count). The van der Waals surface area contributed by atoms with Crippen molar-refractivity contribution in [3.8, 4) is 11.3 Å². The highest BCUT2D eigenvalue weighted by molar-refractivity contribution is 5.57. The summed E-state index contributed by atoms with van der Waals surface area (Å²) in [5, 5.41) is 0. The lowest BCUT2D eigenvalue weighted by Gasteiger charge is -2.36. The summed E-state index contributed by atoms with van der Waals surface area (Å²) < 4.78 is 15.0. The molecule has 1 saturated heterocycles. The maximum atomic E-state index is 12.8. The Kier molecular flexibility index (Phi) is 2.88. The molecule has 94 valence electrons. The van der Waals surface area contributed by atoms with Crippen molar-refractivity contribution in [3.05, 3.63) is 42.6 Å². The first-order valence-electron chi connectivity index (χ1n) is 6.17. The zero-order valence-electron chi connectivity index (χ0n) is 10.4. The highest BCUT2D eigenvalue weighted by Gasteiger charge is 2.23. The van der Waals surface area contributed by atoms with E-state index in [0.717, 1.165) is 36.8 Å². The second kappa shape index (κ2) is 4.53. The van der Waals surface area contributed by atoms with Gasteiger partial charge >= 0.3 is 0 Å². The molecule has 0 unspecified atom stereocenters. The topological polar surface area (TPSA) is 21.1 Å². The van der Waals surface area contributed by atoms with Gasteiger partial charge in [0.1, 0.15) is 5.82 Å². The largest absolute Gasteiger partial charge is 0.336 e. The van der Waals surface area contributed by atoms with E-state index in [-0.39, 0.29) is 5.82 Å². The molecule has 2 aromatic rings. The van der Waals surface area contributed by atoms with Crippen LogP contribution in [0.3, 0.4) is 0 Å². The molecule has 0 radical (unpaired) electrons. The molecule has 2 heterocycles. The molecule has 0 N–H and O–H groups in total. The number of aromatic nitrogens is 2. The molecule has 1 aromatic heterocycles. The smallest absolute Gasteiger partial charge is 0.123 e. The van der Waals surface area contributed by atoms with Crippen LogP contribution in [0.5, 0.6) is 0 Å².